The van der Waals surface area contributed by atoms with Gasteiger partial charge in [-0.2, -0.15) is 0 Å². The molecule has 88 valence electrons. The van der Waals surface area contributed by atoms with Crippen molar-refractivity contribution in [2.24, 2.45) is 5.73 Å². The first-order valence-corrected chi connectivity index (χ1v) is 6.88. The van der Waals surface area contributed by atoms with Crippen LogP contribution in [0.3, 0.4) is 0 Å². The molecular weight excluding hydrogens is 228 g/mol. The van der Waals surface area contributed by atoms with Gasteiger partial charge in [0, 0.05) is 12.0 Å². The number of aromatic nitrogens is 2. The highest BCUT2D eigenvalue weighted by Crippen LogP contribution is 2.22. The van der Waals surface area contributed by atoms with Crippen LogP contribution in [0.2, 0.25) is 0 Å². The fraction of sp³-hybridized carbons (Fsp3) is 0.556. The highest BCUT2D eigenvalue weighted by atomic mass is 32.2. The van der Waals surface area contributed by atoms with Crippen molar-refractivity contribution in [2.75, 3.05) is 18.0 Å². The molecule has 6 nitrogen and oxygen atoms in total. The maximum atomic E-state index is 11.5. The van der Waals surface area contributed by atoms with Crippen molar-refractivity contribution in [1.82, 2.24) is 9.97 Å². The third-order valence-corrected chi connectivity index (χ3v) is 4.10. The molecule has 1 aliphatic rings. The van der Waals surface area contributed by atoms with Gasteiger partial charge in [0.2, 0.25) is 0 Å². The maximum absolute atomic E-state index is 11.5. The summed E-state index contributed by atoms with van der Waals surface area (Å²) < 4.78 is 22.9. The van der Waals surface area contributed by atoms with Crippen LogP contribution in [-0.2, 0) is 28.4 Å². The van der Waals surface area contributed by atoms with Gasteiger partial charge in [0.25, 0.3) is 0 Å². The largest absolute Gasteiger partial charge is 0.383 e. The van der Waals surface area contributed by atoms with Crippen molar-refractivity contribution in [2.45, 2.75) is 18.6 Å². The first kappa shape index (κ1) is 11.3. The van der Waals surface area contributed by atoms with Gasteiger partial charge >= 0.3 is 0 Å². The molecule has 0 unspecified atom stereocenters. The van der Waals surface area contributed by atoms with E-state index >= 15 is 0 Å². The summed E-state index contributed by atoms with van der Waals surface area (Å²) in [6, 6.07) is 0. The van der Waals surface area contributed by atoms with Crippen LogP contribution in [0, 0.1) is 0 Å². The molecule has 1 aliphatic heterocycles. The lowest BCUT2D eigenvalue weighted by atomic mass is 10.1. The predicted octanol–water partition coefficient (Wildman–Crippen LogP) is -0.969. The van der Waals surface area contributed by atoms with Crippen LogP contribution >= 0.6 is 0 Å². The molecule has 2 heterocycles. The summed E-state index contributed by atoms with van der Waals surface area (Å²) in [7, 11) is -3.02. The number of nitrogens with two attached hydrogens (primary N) is 2. The molecule has 16 heavy (non-hydrogen) atoms. The minimum atomic E-state index is -3.02. The van der Waals surface area contributed by atoms with E-state index in [0.717, 1.165) is 5.56 Å². The third-order valence-electron chi connectivity index (χ3n) is 2.56. The smallest absolute Gasteiger partial charge is 0.156 e. The van der Waals surface area contributed by atoms with Gasteiger partial charge in [0.15, 0.2) is 9.84 Å². The molecule has 0 bridgehead atoms. The first-order chi connectivity index (χ1) is 7.52. The second-order valence-corrected chi connectivity index (χ2v) is 6.02. The Labute approximate surface area is 94.0 Å². The normalized spacial score (nSPS) is 18.1. The zero-order valence-corrected chi connectivity index (χ0v) is 9.63. The van der Waals surface area contributed by atoms with Crippen molar-refractivity contribution < 1.29 is 8.42 Å². The summed E-state index contributed by atoms with van der Waals surface area (Å²) in [6.07, 6.45) is 0.921. The Balaban J connectivity index is 2.45. The van der Waals surface area contributed by atoms with Crippen LogP contribution in [0.4, 0.5) is 5.82 Å². The van der Waals surface area contributed by atoms with Gasteiger partial charge in [-0.25, -0.2) is 18.4 Å². The molecule has 0 aromatic carbocycles. The second-order valence-electron chi connectivity index (χ2n) is 3.83. The van der Waals surface area contributed by atoms with Gasteiger partial charge in [-0.1, -0.05) is 0 Å². The number of nitrogen functional groups attached to an aromatic ring is 1. The van der Waals surface area contributed by atoms with E-state index in [4.69, 9.17) is 11.5 Å². The molecule has 7 heteroatoms. The standard InChI is InChI=1S/C9H14N4O2S/c10-3-1-8-12-7-5-16(14,15)4-2-6(7)9(11)13-8/h1-5,10H2,(H2,11,12,13). The molecule has 4 N–H and O–H groups in total. The Morgan fingerprint density at radius 1 is 1.31 bits per heavy atom. The Morgan fingerprint density at radius 3 is 2.75 bits per heavy atom. The van der Waals surface area contributed by atoms with Gasteiger partial charge in [0.1, 0.15) is 11.6 Å². The average molecular weight is 242 g/mol. The van der Waals surface area contributed by atoms with E-state index in [1.807, 2.05) is 0 Å². The van der Waals surface area contributed by atoms with Crippen LogP contribution in [0.15, 0.2) is 0 Å². The Morgan fingerprint density at radius 2 is 2.06 bits per heavy atom. The zero-order valence-electron chi connectivity index (χ0n) is 8.81. The minimum Gasteiger partial charge on any atom is -0.383 e. The summed E-state index contributed by atoms with van der Waals surface area (Å²) >= 11 is 0. The van der Waals surface area contributed by atoms with Crippen LogP contribution in [0.25, 0.3) is 0 Å². The molecule has 0 saturated carbocycles. The molecule has 0 radical (unpaired) electrons. The number of sulfone groups is 1. The Kier molecular flexibility index (Phi) is 2.81. The maximum Gasteiger partial charge on any atom is 0.156 e. The van der Waals surface area contributed by atoms with Crippen molar-refractivity contribution in [1.29, 1.82) is 0 Å². The number of hydrogen-bond donors (Lipinski definition) is 2. The van der Waals surface area contributed by atoms with Gasteiger partial charge in [-0.05, 0) is 13.0 Å². The van der Waals surface area contributed by atoms with E-state index in [-0.39, 0.29) is 11.5 Å². The van der Waals surface area contributed by atoms with Crippen LogP contribution in [0.5, 0.6) is 0 Å². The molecule has 0 saturated heterocycles. The van der Waals surface area contributed by atoms with E-state index in [0.29, 0.717) is 36.7 Å². The lowest BCUT2D eigenvalue weighted by Crippen LogP contribution is -2.23. The quantitative estimate of drug-likeness (QED) is 0.690. The van der Waals surface area contributed by atoms with Crippen molar-refractivity contribution in [3.8, 4) is 0 Å². The van der Waals surface area contributed by atoms with Crippen LogP contribution < -0.4 is 11.5 Å². The number of anilines is 1. The highest BCUT2D eigenvalue weighted by molar-refractivity contribution is 7.90. The fourth-order valence-electron chi connectivity index (χ4n) is 1.77. The van der Waals surface area contributed by atoms with Crippen molar-refractivity contribution >= 4 is 15.7 Å². The SMILES string of the molecule is NCCc1nc(N)c2c(n1)CS(=O)(=O)CC2. The van der Waals surface area contributed by atoms with Gasteiger partial charge in [-0.3, -0.25) is 0 Å². The Hall–Kier alpha value is -1.21. The number of fused-ring (bicyclic) bond motifs is 1. The Bertz CT molecular complexity index is 512. The predicted molar refractivity (Wildman–Crippen MR) is 60.4 cm³/mol. The fourth-order valence-corrected chi connectivity index (χ4v) is 3.09. The first-order valence-electron chi connectivity index (χ1n) is 5.06. The monoisotopic (exact) mass is 242 g/mol. The van der Waals surface area contributed by atoms with Gasteiger partial charge < -0.3 is 11.5 Å². The molecular formula is C9H14N4O2S. The van der Waals surface area contributed by atoms with Crippen molar-refractivity contribution in [3.63, 3.8) is 0 Å². The van der Waals surface area contributed by atoms with Gasteiger partial charge in [-0.15, -0.1) is 0 Å². The second kappa shape index (κ2) is 3.99. The number of rotatable bonds is 2. The average Bonchev–Trinajstić information content (AvgIpc) is 2.15. The summed E-state index contributed by atoms with van der Waals surface area (Å²) in [5.41, 5.74) is 12.5. The molecule has 2 rings (SSSR count). The molecule has 1 aromatic rings. The minimum absolute atomic E-state index is 0.0351. The van der Waals surface area contributed by atoms with E-state index in [9.17, 15) is 8.42 Å². The molecule has 0 amide bonds. The molecule has 1 aromatic heterocycles. The lowest BCUT2D eigenvalue weighted by Gasteiger charge is -2.17. The van der Waals surface area contributed by atoms with E-state index in [1.165, 1.54) is 0 Å². The van der Waals surface area contributed by atoms with Crippen molar-refractivity contribution in [3.05, 3.63) is 17.1 Å². The summed E-state index contributed by atoms with van der Waals surface area (Å²) in [5.74, 6) is 1.01. The number of hydrogen-bond acceptors (Lipinski definition) is 6. The zero-order chi connectivity index (χ0) is 11.8. The molecule has 0 spiro atoms. The van der Waals surface area contributed by atoms with Crippen LogP contribution in [-0.4, -0.2) is 30.7 Å². The third kappa shape index (κ3) is 2.14. The van der Waals surface area contributed by atoms with E-state index in [1.54, 1.807) is 0 Å². The summed E-state index contributed by atoms with van der Waals surface area (Å²) in [4.78, 5) is 8.32. The van der Waals surface area contributed by atoms with Crippen LogP contribution in [0.1, 0.15) is 17.1 Å². The molecule has 0 fully saturated rings. The molecule has 0 atom stereocenters. The highest BCUT2D eigenvalue weighted by Gasteiger charge is 2.25. The number of nitrogens with zero attached hydrogens (tertiary/aromatic N) is 2. The molecule has 0 aliphatic carbocycles. The van der Waals surface area contributed by atoms with E-state index in [2.05, 4.69) is 9.97 Å². The van der Waals surface area contributed by atoms with Gasteiger partial charge in [0.05, 0.1) is 17.2 Å². The summed E-state index contributed by atoms with van der Waals surface area (Å²) in [5, 5.41) is 0. The lowest BCUT2D eigenvalue weighted by molar-refractivity contribution is 0.590. The topological polar surface area (TPSA) is 112 Å². The van der Waals surface area contributed by atoms with E-state index < -0.39 is 9.84 Å². The summed E-state index contributed by atoms with van der Waals surface area (Å²) in [6.45, 7) is 0.422.